The first-order chi connectivity index (χ1) is 8.09. The zero-order valence-electron chi connectivity index (χ0n) is 9.72. The summed E-state index contributed by atoms with van der Waals surface area (Å²) in [5, 5.41) is 4.35. The van der Waals surface area contributed by atoms with Gasteiger partial charge in [0.05, 0.1) is 17.5 Å². The molecule has 3 heterocycles. The van der Waals surface area contributed by atoms with Crippen LogP contribution in [-0.2, 0) is 4.74 Å². The number of halogens is 1. The Morgan fingerprint density at radius 2 is 2.18 bits per heavy atom. The number of nitrogens with zero attached hydrogens (tertiary/aromatic N) is 4. The first-order valence-electron chi connectivity index (χ1n) is 5.42. The predicted octanol–water partition coefficient (Wildman–Crippen LogP) is 1.61. The summed E-state index contributed by atoms with van der Waals surface area (Å²) in [7, 11) is 1.75. The van der Waals surface area contributed by atoms with E-state index >= 15 is 0 Å². The van der Waals surface area contributed by atoms with Gasteiger partial charge in [-0.3, -0.25) is 0 Å². The van der Waals surface area contributed by atoms with Gasteiger partial charge in [0.25, 0.3) is 0 Å². The van der Waals surface area contributed by atoms with E-state index in [1.54, 1.807) is 11.6 Å². The Morgan fingerprint density at radius 1 is 1.41 bits per heavy atom. The summed E-state index contributed by atoms with van der Waals surface area (Å²) in [6.07, 6.45) is 1.93. The molecule has 1 aliphatic rings. The first kappa shape index (κ1) is 10.8. The third-order valence-corrected chi connectivity index (χ3v) is 3.36. The third kappa shape index (κ3) is 1.75. The van der Waals surface area contributed by atoms with Crippen LogP contribution in [0.3, 0.4) is 0 Å². The highest BCUT2D eigenvalue weighted by molar-refractivity contribution is 6.28. The van der Waals surface area contributed by atoms with Crippen LogP contribution in [0.1, 0.15) is 6.92 Å². The van der Waals surface area contributed by atoms with Crippen LogP contribution in [0.2, 0.25) is 5.28 Å². The minimum atomic E-state index is -0.0328. The van der Waals surface area contributed by atoms with Crippen molar-refractivity contribution in [2.75, 3.05) is 25.1 Å². The number of rotatable bonds is 2. The number of hydrogen-bond acceptors (Lipinski definition) is 4. The molecule has 1 aliphatic heterocycles. The van der Waals surface area contributed by atoms with Crippen LogP contribution in [-0.4, -0.2) is 40.4 Å². The quantitative estimate of drug-likeness (QED) is 0.815. The van der Waals surface area contributed by atoms with Crippen molar-refractivity contribution >= 4 is 22.9 Å². The molecule has 0 unspecified atom stereocenters. The summed E-state index contributed by atoms with van der Waals surface area (Å²) >= 11 is 5.75. The molecule has 0 atom stereocenters. The Balaban J connectivity index is 1.87. The highest BCUT2D eigenvalue weighted by Gasteiger charge is 2.39. The lowest BCUT2D eigenvalue weighted by atomic mass is 9.96. The van der Waals surface area contributed by atoms with Crippen molar-refractivity contribution < 1.29 is 4.74 Å². The second-order valence-electron chi connectivity index (χ2n) is 4.58. The van der Waals surface area contributed by atoms with Crippen LogP contribution in [0, 0.1) is 0 Å². The zero-order chi connectivity index (χ0) is 12.0. The van der Waals surface area contributed by atoms with Gasteiger partial charge in [0.15, 0.2) is 5.65 Å². The summed E-state index contributed by atoms with van der Waals surface area (Å²) in [6, 6.07) is 3.94. The molecule has 3 rings (SSSR count). The maximum atomic E-state index is 5.75. The van der Waals surface area contributed by atoms with Crippen molar-refractivity contribution in [3.05, 3.63) is 23.6 Å². The lowest BCUT2D eigenvalue weighted by Crippen LogP contribution is -2.61. The molecule has 0 aromatic carbocycles. The number of anilines is 1. The number of hydrogen-bond donors (Lipinski definition) is 0. The number of pyridine rings is 1. The summed E-state index contributed by atoms with van der Waals surface area (Å²) in [6.45, 7) is 3.88. The maximum Gasteiger partial charge on any atom is 0.243 e. The fourth-order valence-electron chi connectivity index (χ4n) is 2.11. The fourth-order valence-corrected chi connectivity index (χ4v) is 2.27. The standard InChI is InChI=1S/C11H13ClN4O/c1-11(17-2)6-15(7-11)8-3-4-9-13-10(12)14-16(9)5-8/h3-5H,6-7H2,1-2H3. The molecule has 1 saturated heterocycles. The molecule has 0 saturated carbocycles. The van der Waals surface area contributed by atoms with Gasteiger partial charge in [0.2, 0.25) is 5.28 Å². The van der Waals surface area contributed by atoms with Crippen molar-refractivity contribution in [3.8, 4) is 0 Å². The van der Waals surface area contributed by atoms with E-state index in [9.17, 15) is 0 Å². The van der Waals surface area contributed by atoms with Crippen LogP contribution in [0.4, 0.5) is 5.69 Å². The third-order valence-electron chi connectivity index (χ3n) is 3.20. The normalized spacial score (nSPS) is 18.4. The Bertz CT molecular complexity index is 562. The Kier molecular flexibility index (Phi) is 2.27. The van der Waals surface area contributed by atoms with Crippen molar-refractivity contribution in [1.82, 2.24) is 14.6 Å². The molecule has 2 aromatic rings. The first-order valence-corrected chi connectivity index (χ1v) is 5.79. The largest absolute Gasteiger partial charge is 0.375 e. The average molecular weight is 253 g/mol. The lowest BCUT2D eigenvalue weighted by molar-refractivity contribution is -0.0168. The van der Waals surface area contributed by atoms with Crippen molar-refractivity contribution in [3.63, 3.8) is 0 Å². The van der Waals surface area contributed by atoms with Crippen LogP contribution in [0.5, 0.6) is 0 Å². The molecule has 0 bridgehead atoms. The van der Waals surface area contributed by atoms with E-state index in [0.717, 1.165) is 24.4 Å². The SMILES string of the molecule is COC1(C)CN(c2ccc3nc(Cl)nn3c2)C1. The van der Waals surface area contributed by atoms with E-state index in [2.05, 4.69) is 21.9 Å². The van der Waals surface area contributed by atoms with Crippen LogP contribution in [0.25, 0.3) is 5.65 Å². The fraction of sp³-hybridized carbons (Fsp3) is 0.455. The summed E-state index contributed by atoms with van der Waals surface area (Å²) in [5.74, 6) is 0. The molecule has 17 heavy (non-hydrogen) atoms. The van der Waals surface area contributed by atoms with Gasteiger partial charge in [-0.15, -0.1) is 5.10 Å². The topological polar surface area (TPSA) is 42.7 Å². The van der Waals surface area contributed by atoms with E-state index in [4.69, 9.17) is 16.3 Å². The Labute approximate surface area is 104 Å². The molecular formula is C11H13ClN4O. The van der Waals surface area contributed by atoms with Crippen molar-refractivity contribution in [2.45, 2.75) is 12.5 Å². The maximum absolute atomic E-state index is 5.75. The minimum absolute atomic E-state index is 0.0328. The lowest BCUT2D eigenvalue weighted by Gasteiger charge is -2.48. The van der Waals surface area contributed by atoms with Gasteiger partial charge >= 0.3 is 0 Å². The van der Waals surface area contributed by atoms with Gasteiger partial charge in [-0.2, -0.15) is 4.98 Å². The van der Waals surface area contributed by atoms with Gasteiger partial charge < -0.3 is 9.64 Å². The van der Waals surface area contributed by atoms with E-state index < -0.39 is 0 Å². The molecule has 1 fully saturated rings. The summed E-state index contributed by atoms with van der Waals surface area (Å²) in [5.41, 5.74) is 1.83. The van der Waals surface area contributed by atoms with Crippen LogP contribution >= 0.6 is 11.6 Å². The van der Waals surface area contributed by atoms with Gasteiger partial charge in [-0.1, -0.05) is 0 Å². The molecule has 0 aliphatic carbocycles. The Hall–Kier alpha value is -1.33. The molecule has 5 nitrogen and oxygen atoms in total. The molecule has 0 N–H and O–H groups in total. The molecule has 2 aromatic heterocycles. The van der Waals surface area contributed by atoms with Gasteiger partial charge in [0.1, 0.15) is 0 Å². The van der Waals surface area contributed by atoms with Gasteiger partial charge in [0, 0.05) is 20.2 Å². The molecular weight excluding hydrogens is 240 g/mol. The highest BCUT2D eigenvalue weighted by atomic mass is 35.5. The van der Waals surface area contributed by atoms with E-state index in [0.29, 0.717) is 0 Å². The number of aromatic nitrogens is 3. The summed E-state index contributed by atoms with van der Waals surface area (Å²) < 4.78 is 7.11. The van der Waals surface area contributed by atoms with Gasteiger partial charge in [-0.05, 0) is 30.7 Å². The minimum Gasteiger partial charge on any atom is -0.375 e. The van der Waals surface area contributed by atoms with E-state index in [-0.39, 0.29) is 10.9 Å². The van der Waals surface area contributed by atoms with E-state index in [1.165, 1.54) is 0 Å². The highest BCUT2D eigenvalue weighted by Crippen LogP contribution is 2.29. The molecule has 6 heteroatoms. The molecule has 0 spiro atoms. The average Bonchev–Trinajstić information content (AvgIpc) is 2.63. The Morgan fingerprint density at radius 3 is 2.88 bits per heavy atom. The zero-order valence-corrected chi connectivity index (χ0v) is 10.5. The second-order valence-corrected chi connectivity index (χ2v) is 4.92. The smallest absolute Gasteiger partial charge is 0.243 e. The van der Waals surface area contributed by atoms with Gasteiger partial charge in [-0.25, -0.2) is 4.52 Å². The van der Waals surface area contributed by atoms with Crippen LogP contribution < -0.4 is 4.90 Å². The second kappa shape index (κ2) is 3.58. The van der Waals surface area contributed by atoms with Crippen LogP contribution in [0.15, 0.2) is 18.3 Å². The predicted molar refractivity (Wildman–Crippen MR) is 65.6 cm³/mol. The molecule has 0 radical (unpaired) electrons. The van der Waals surface area contributed by atoms with Crippen molar-refractivity contribution in [1.29, 1.82) is 0 Å². The molecule has 90 valence electrons. The number of ether oxygens (including phenoxy) is 1. The van der Waals surface area contributed by atoms with Crippen molar-refractivity contribution in [2.24, 2.45) is 0 Å². The summed E-state index contributed by atoms with van der Waals surface area (Å²) in [4.78, 5) is 6.31. The number of fused-ring (bicyclic) bond motifs is 1. The number of methoxy groups -OCH3 is 1. The monoisotopic (exact) mass is 252 g/mol. The van der Waals surface area contributed by atoms with E-state index in [1.807, 2.05) is 18.3 Å². The molecule has 0 amide bonds.